The Balaban J connectivity index is 0.000000219. The van der Waals surface area contributed by atoms with Crippen molar-refractivity contribution in [1.82, 2.24) is 0 Å². The molecule has 0 unspecified atom stereocenters. The number of rotatable bonds is 16. The predicted molar refractivity (Wildman–Crippen MR) is 388 cm³/mol. The van der Waals surface area contributed by atoms with E-state index in [1.807, 2.05) is 97.1 Å². The molecule has 1 heterocycles. The highest BCUT2D eigenvalue weighted by Crippen LogP contribution is 2.44. The van der Waals surface area contributed by atoms with Crippen molar-refractivity contribution in [2.75, 3.05) is 83.3 Å². The molecular formula is C84H88O18. The Morgan fingerprint density at radius 1 is 0.196 bits per heavy atom. The maximum Gasteiger partial charge on any atom is 0.159 e. The normalized spacial score (nSPS) is 12.9. The van der Waals surface area contributed by atoms with Gasteiger partial charge in [-0.15, -0.1) is 0 Å². The lowest BCUT2D eigenvalue weighted by Gasteiger charge is -2.22. The Labute approximate surface area is 595 Å². The van der Waals surface area contributed by atoms with Crippen LogP contribution in [0.3, 0.4) is 0 Å². The average molecular weight is 1390 g/mol. The molecule has 0 aromatic heterocycles. The summed E-state index contributed by atoms with van der Waals surface area (Å²) in [6, 6.07) is 29.0. The highest BCUT2D eigenvalue weighted by molar-refractivity contribution is 5.99. The van der Waals surface area contributed by atoms with Crippen molar-refractivity contribution in [3.8, 4) is 46.0 Å². The Morgan fingerprint density at radius 3 is 0.343 bits per heavy atom. The maximum atomic E-state index is 12.8. The summed E-state index contributed by atoms with van der Waals surface area (Å²) in [5.74, 6) is 3.74. The van der Waals surface area contributed by atoms with E-state index in [2.05, 4.69) is 0 Å². The van der Waals surface area contributed by atoms with E-state index >= 15 is 0 Å². The van der Waals surface area contributed by atoms with Crippen molar-refractivity contribution >= 4 is 46.3 Å². The minimum absolute atomic E-state index is 0.114. The molecule has 1 aliphatic heterocycles. The Bertz CT molecular complexity index is 3600. The number of carbonyl (C=O) groups is 8. The maximum absolute atomic E-state index is 12.8. The zero-order chi connectivity index (χ0) is 74.0. The molecule has 18 heteroatoms. The molecule has 11 rings (SSSR count). The fraction of sp³-hybridized carbons (Fsp3) is 0.333. The number of ketones is 8. The molecule has 0 radical (unpaired) electrons. The quantitative estimate of drug-likeness (QED) is 0.0819. The number of ether oxygens (including phenoxy) is 10. The first kappa shape index (κ1) is 75.6. The highest BCUT2D eigenvalue weighted by Gasteiger charge is 2.29. The third-order valence-corrected chi connectivity index (χ3v) is 18.6. The lowest BCUT2D eigenvalue weighted by molar-refractivity contribution is -0.0334. The van der Waals surface area contributed by atoms with Crippen LogP contribution in [0, 0.1) is 0 Å². The highest BCUT2D eigenvalue weighted by atomic mass is 16.6. The van der Waals surface area contributed by atoms with E-state index in [1.54, 1.807) is 56.9 Å². The van der Waals surface area contributed by atoms with Gasteiger partial charge in [0.1, 0.15) is 46.0 Å². The van der Waals surface area contributed by atoms with Crippen molar-refractivity contribution in [1.29, 1.82) is 0 Å². The zero-order valence-electron chi connectivity index (χ0n) is 61.1. The number of Topliss-reactive ketones (excluding diaryl/α,β-unsaturated/α-hetero) is 8. The van der Waals surface area contributed by atoms with E-state index in [1.165, 1.54) is 55.4 Å². The van der Waals surface area contributed by atoms with Gasteiger partial charge in [0.15, 0.2) is 46.3 Å². The van der Waals surface area contributed by atoms with Crippen LogP contribution in [0.5, 0.6) is 46.0 Å². The minimum atomic E-state index is -0.114. The van der Waals surface area contributed by atoms with Gasteiger partial charge in [-0.25, -0.2) is 0 Å². The largest absolute Gasteiger partial charge is 0.496 e. The molecule has 0 spiro atoms. The second-order valence-electron chi connectivity index (χ2n) is 25.7. The summed E-state index contributed by atoms with van der Waals surface area (Å²) in [6.07, 6.45) is 2.34. The van der Waals surface area contributed by atoms with Gasteiger partial charge in [0.2, 0.25) is 0 Å². The van der Waals surface area contributed by atoms with E-state index in [4.69, 9.17) is 47.4 Å². The molecule has 0 saturated carbocycles. The zero-order valence-corrected chi connectivity index (χ0v) is 61.1. The first-order valence-electron chi connectivity index (χ1n) is 33.6. The first-order valence-corrected chi connectivity index (χ1v) is 33.6. The SMILES string of the molecule is C1COCCO1.COc1c2cc(C(C)=O)cc1Cc1cc(C(C)=O)cc(c1OC)Cc1cc(C(C)=O)cc(c1OC)Cc1cc(C(C)=O)cc(c1OC)C2.COc1c2cc(C(C)=O)cc1Cc1cc(C(C)=O)cc(c1OC)Cc1cc(C(C)=O)cc(c1OC)Cc1cc(C(C)=O)cc(c1OC)C2. The minimum Gasteiger partial charge on any atom is -0.496 e. The van der Waals surface area contributed by atoms with Crippen molar-refractivity contribution in [3.05, 3.63) is 231 Å². The van der Waals surface area contributed by atoms with Gasteiger partial charge in [-0.2, -0.15) is 0 Å². The lowest BCUT2D eigenvalue weighted by Crippen LogP contribution is -2.16. The van der Waals surface area contributed by atoms with Crippen LogP contribution < -0.4 is 37.9 Å². The molecule has 8 aromatic carbocycles. The standard InChI is InChI=1S/2C40H40O8.C4H8O2/c2*1-21(41)25-9-29-17-31-11-26(22(2)42)13-33(38(31)46-6)19-35-15-28(24(4)44)16-36(40(35)48-8)20-34-14-27(23(3)43)12-32(39(34)47-7)18-30(10-25)37(29)45-5;1-2-6-4-3-5-1/h2*9-16H,17-20H2,1-8H3;1-4H2. The molecule has 8 aromatic rings. The fourth-order valence-corrected chi connectivity index (χ4v) is 13.9. The van der Waals surface area contributed by atoms with Gasteiger partial charge < -0.3 is 47.4 Å². The smallest absolute Gasteiger partial charge is 0.159 e. The fourth-order valence-electron chi connectivity index (χ4n) is 13.9. The lowest BCUT2D eigenvalue weighted by atomic mass is 9.87. The van der Waals surface area contributed by atoms with Crippen LogP contribution >= 0.6 is 0 Å². The van der Waals surface area contributed by atoms with Gasteiger partial charge in [0.05, 0.1) is 83.3 Å². The van der Waals surface area contributed by atoms with Crippen molar-refractivity contribution in [2.45, 2.75) is 107 Å². The number of hydrogen-bond acceptors (Lipinski definition) is 18. The van der Waals surface area contributed by atoms with Crippen LogP contribution in [-0.4, -0.2) is 130 Å². The Morgan fingerprint density at radius 2 is 0.284 bits per heavy atom. The Hall–Kier alpha value is -10.6. The third kappa shape index (κ3) is 16.9. The van der Waals surface area contributed by atoms with E-state index in [9.17, 15) is 38.4 Å². The number of carbonyl (C=O) groups excluding carboxylic acids is 8. The Kier molecular flexibility index (Phi) is 24.7. The van der Waals surface area contributed by atoms with Gasteiger partial charge in [0.25, 0.3) is 0 Å². The molecule has 16 bridgehead atoms. The summed E-state index contributed by atoms with van der Waals surface area (Å²) in [5, 5.41) is 0. The van der Waals surface area contributed by atoms with Gasteiger partial charge >= 0.3 is 0 Å². The second kappa shape index (κ2) is 33.3. The monoisotopic (exact) mass is 1380 g/mol. The van der Waals surface area contributed by atoms with Gasteiger partial charge in [-0.3, -0.25) is 38.4 Å². The summed E-state index contributed by atoms with van der Waals surface area (Å²) < 4.78 is 58.1. The van der Waals surface area contributed by atoms with Gasteiger partial charge in [-0.05, 0) is 241 Å². The molecule has 2 aliphatic carbocycles. The van der Waals surface area contributed by atoms with Crippen LogP contribution in [0.25, 0.3) is 0 Å². The summed E-state index contributed by atoms with van der Waals surface area (Å²) >= 11 is 0. The molecular weight excluding hydrogens is 1300 g/mol. The van der Waals surface area contributed by atoms with Crippen molar-refractivity contribution in [2.24, 2.45) is 0 Å². The summed E-state index contributed by atoms with van der Waals surface area (Å²) in [4.78, 5) is 103. The predicted octanol–water partition coefficient (Wildman–Crippen LogP) is 14.4. The molecule has 102 heavy (non-hydrogen) atoms. The van der Waals surface area contributed by atoms with E-state index in [0.717, 1.165) is 115 Å². The molecule has 1 saturated heterocycles. The number of hydrogen-bond donors (Lipinski definition) is 0. The second-order valence-corrected chi connectivity index (χ2v) is 25.7. The molecule has 18 nitrogen and oxygen atoms in total. The summed E-state index contributed by atoms with van der Waals surface area (Å²) in [5.41, 5.74) is 15.8. The van der Waals surface area contributed by atoms with E-state index in [0.29, 0.717) is 142 Å². The van der Waals surface area contributed by atoms with Crippen molar-refractivity contribution in [3.63, 3.8) is 0 Å². The van der Waals surface area contributed by atoms with Crippen LogP contribution in [-0.2, 0) is 60.8 Å². The first-order chi connectivity index (χ1) is 48.8. The van der Waals surface area contributed by atoms with Crippen LogP contribution in [0.15, 0.2) is 97.1 Å². The van der Waals surface area contributed by atoms with E-state index in [-0.39, 0.29) is 46.3 Å². The molecule has 0 amide bonds. The van der Waals surface area contributed by atoms with E-state index < -0.39 is 0 Å². The summed E-state index contributed by atoms with van der Waals surface area (Å²) in [7, 11) is 12.7. The topological polar surface area (TPSA) is 229 Å². The van der Waals surface area contributed by atoms with Crippen molar-refractivity contribution < 1.29 is 85.7 Å². The van der Waals surface area contributed by atoms with Gasteiger partial charge in [0, 0.05) is 95.9 Å². The molecule has 0 N–H and O–H groups in total. The number of benzene rings is 8. The summed E-state index contributed by atoms with van der Waals surface area (Å²) in [6.45, 7) is 15.2. The number of methoxy groups -OCH3 is 8. The average Bonchev–Trinajstić information content (AvgIpc) is 0.774. The number of fused-ring (bicyclic) bond motifs is 16. The molecule has 1 fully saturated rings. The van der Waals surface area contributed by atoms with Crippen LogP contribution in [0.2, 0.25) is 0 Å². The molecule has 532 valence electrons. The molecule has 3 aliphatic rings. The molecule has 0 atom stereocenters. The van der Waals surface area contributed by atoms with Crippen LogP contribution in [0.1, 0.15) is 227 Å². The van der Waals surface area contributed by atoms with Gasteiger partial charge in [-0.1, -0.05) is 0 Å². The third-order valence-electron chi connectivity index (χ3n) is 18.6. The van der Waals surface area contributed by atoms with Crippen LogP contribution in [0.4, 0.5) is 0 Å².